The smallest absolute Gasteiger partial charge is 0.402 e. The molecule has 1 N–H and O–H groups in total. The topological polar surface area (TPSA) is 50.8 Å². The summed E-state index contributed by atoms with van der Waals surface area (Å²) in [5.74, 6) is -0.274. The number of urea groups is 1. The Morgan fingerprint density at radius 1 is 1.19 bits per heavy atom. The highest BCUT2D eigenvalue weighted by molar-refractivity contribution is 6.48. The number of rotatable bonds is 3. The number of hydrogen-bond acceptors (Lipinski definition) is 3. The van der Waals surface area contributed by atoms with Crippen LogP contribution in [0.4, 0.5) is 4.79 Å². The number of nitrogens with zero attached hydrogens (tertiary/aromatic N) is 1. The number of amides is 2. The first-order valence-electron chi connectivity index (χ1n) is 7.81. The largest absolute Gasteiger partial charge is 0.486 e. The van der Waals surface area contributed by atoms with Crippen LogP contribution >= 0.6 is 0 Å². The van der Waals surface area contributed by atoms with Gasteiger partial charge in [-0.25, -0.2) is 4.79 Å². The van der Waals surface area contributed by atoms with Gasteiger partial charge in [-0.2, -0.15) is 0 Å². The van der Waals surface area contributed by atoms with Gasteiger partial charge in [0.25, 0.3) is 0 Å². The lowest BCUT2D eigenvalue weighted by molar-refractivity contribution is 0.00578. The van der Waals surface area contributed by atoms with Gasteiger partial charge in [0.2, 0.25) is 0 Å². The maximum atomic E-state index is 12.3. The molecule has 5 nitrogen and oxygen atoms in total. The van der Waals surface area contributed by atoms with Crippen LogP contribution in [0.5, 0.6) is 0 Å². The van der Waals surface area contributed by atoms with Gasteiger partial charge < -0.3 is 19.5 Å². The first-order valence-corrected chi connectivity index (χ1v) is 7.81. The van der Waals surface area contributed by atoms with E-state index < -0.39 is 18.3 Å². The first kappa shape index (κ1) is 16.4. The molecule has 0 aromatic rings. The Hall–Kier alpha value is -1.01. The summed E-state index contributed by atoms with van der Waals surface area (Å²) in [6, 6.07) is -0.0367. The van der Waals surface area contributed by atoms with Crippen molar-refractivity contribution in [3.63, 3.8) is 0 Å². The summed E-state index contributed by atoms with van der Waals surface area (Å²) in [7, 11) is -0.460. The second-order valence-corrected chi connectivity index (χ2v) is 6.82. The molecular weight excluding hydrogens is 267 g/mol. The Morgan fingerprint density at radius 2 is 1.71 bits per heavy atom. The molecule has 21 heavy (non-hydrogen) atoms. The van der Waals surface area contributed by atoms with Crippen LogP contribution in [0.25, 0.3) is 0 Å². The van der Waals surface area contributed by atoms with E-state index in [1.165, 1.54) is 0 Å². The molecule has 2 amide bonds. The van der Waals surface area contributed by atoms with E-state index in [-0.39, 0.29) is 12.0 Å². The van der Waals surface area contributed by atoms with Gasteiger partial charge in [-0.3, -0.25) is 0 Å². The van der Waals surface area contributed by atoms with Crippen molar-refractivity contribution in [3.8, 4) is 0 Å². The van der Waals surface area contributed by atoms with Crippen molar-refractivity contribution < 1.29 is 14.1 Å². The van der Waals surface area contributed by atoms with E-state index in [9.17, 15) is 4.79 Å². The van der Waals surface area contributed by atoms with Crippen LogP contribution in [-0.4, -0.2) is 48.3 Å². The Balaban J connectivity index is 2.04. The summed E-state index contributed by atoms with van der Waals surface area (Å²) in [6.45, 7) is 11.7. The molecule has 2 heterocycles. The predicted octanol–water partition coefficient (Wildman–Crippen LogP) is 2.37. The minimum atomic E-state index is -0.460. The summed E-state index contributed by atoms with van der Waals surface area (Å²) in [4.78, 5) is 14.1. The number of hydrogen-bond donors (Lipinski definition) is 1. The maximum Gasteiger partial charge on any atom is 0.486 e. The van der Waals surface area contributed by atoms with Crippen LogP contribution in [0.1, 0.15) is 47.5 Å². The molecule has 2 aliphatic heterocycles. The predicted molar refractivity (Wildman–Crippen MR) is 84.0 cm³/mol. The lowest BCUT2D eigenvalue weighted by Crippen LogP contribution is -2.50. The molecule has 0 radical (unpaired) electrons. The minimum Gasteiger partial charge on any atom is -0.402 e. The van der Waals surface area contributed by atoms with Gasteiger partial charge in [-0.1, -0.05) is 12.2 Å². The number of likely N-dealkylation sites (tertiary alicyclic amines) is 1. The van der Waals surface area contributed by atoms with Gasteiger partial charge in [0, 0.05) is 13.1 Å². The summed E-state index contributed by atoms with van der Waals surface area (Å²) in [5.41, 5.74) is -0.786. The lowest BCUT2D eigenvalue weighted by atomic mass is 9.78. The standard InChI is InChI=1S/C15H27BN2O3/c1-6-9-12(17-13(19)18-10-7-8-11-18)16-20-14(2,3)15(4,5)21-16/h6,9,12H,7-8,10-11H2,1-5H3,(H,17,19)/b9-6+. The molecule has 6 heteroatoms. The van der Waals surface area contributed by atoms with Gasteiger partial charge in [-0.05, 0) is 47.5 Å². The molecule has 0 saturated carbocycles. The second kappa shape index (κ2) is 6.01. The molecule has 1 unspecified atom stereocenters. The molecule has 2 fully saturated rings. The molecule has 0 aromatic heterocycles. The van der Waals surface area contributed by atoms with E-state index in [1.807, 2.05) is 51.7 Å². The molecule has 0 aliphatic carbocycles. The van der Waals surface area contributed by atoms with Crippen LogP contribution < -0.4 is 5.32 Å². The molecule has 2 rings (SSSR count). The van der Waals surface area contributed by atoms with Crippen molar-refractivity contribution in [1.29, 1.82) is 0 Å². The van der Waals surface area contributed by atoms with Gasteiger partial charge in [0.1, 0.15) is 0 Å². The van der Waals surface area contributed by atoms with Crippen molar-refractivity contribution in [2.24, 2.45) is 0 Å². The van der Waals surface area contributed by atoms with Crippen LogP contribution in [0, 0.1) is 0 Å². The summed E-state index contributed by atoms with van der Waals surface area (Å²) < 4.78 is 12.1. The average Bonchev–Trinajstić information content (AvgIpc) is 2.96. The van der Waals surface area contributed by atoms with Crippen LogP contribution in [0.2, 0.25) is 0 Å². The van der Waals surface area contributed by atoms with E-state index in [0.29, 0.717) is 0 Å². The van der Waals surface area contributed by atoms with Crippen LogP contribution in [0.3, 0.4) is 0 Å². The Morgan fingerprint density at radius 3 is 2.19 bits per heavy atom. The van der Waals surface area contributed by atoms with E-state index in [4.69, 9.17) is 9.31 Å². The fourth-order valence-corrected chi connectivity index (χ4v) is 2.60. The zero-order valence-corrected chi connectivity index (χ0v) is 13.8. The van der Waals surface area contributed by atoms with Gasteiger partial charge in [0.15, 0.2) is 0 Å². The van der Waals surface area contributed by atoms with Crippen LogP contribution in [-0.2, 0) is 9.31 Å². The van der Waals surface area contributed by atoms with Crippen LogP contribution in [0.15, 0.2) is 12.2 Å². The Kier molecular flexibility index (Phi) is 4.68. The molecule has 2 saturated heterocycles. The summed E-state index contributed by atoms with van der Waals surface area (Å²) >= 11 is 0. The lowest BCUT2D eigenvalue weighted by Gasteiger charge is -2.32. The third kappa shape index (κ3) is 3.43. The van der Waals surface area contributed by atoms with Crippen molar-refractivity contribution >= 4 is 13.1 Å². The van der Waals surface area contributed by atoms with E-state index in [0.717, 1.165) is 25.9 Å². The van der Waals surface area contributed by atoms with Gasteiger partial charge in [-0.15, -0.1) is 0 Å². The molecule has 2 aliphatic rings. The molecule has 118 valence electrons. The molecule has 0 bridgehead atoms. The normalized spacial score (nSPS) is 25.6. The fraction of sp³-hybridized carbons (Fsp3) is 0.800. The zero-order chi connectivity index (χ0) is 15.7. The highest BCUT2D eigenvalue weighted by Gasteiger charge is 2.53. The quantitative estimate of drug-likeness (QED) is 0.642. The van der Waals surface area contributed by atoms with Crippen molar-refractivity contribution in [3.05, 3.63) is 12.2 Å². The number of nitrogens with one attached hydrogen (secondary N) is 1. The highest BCUT2D eigenvalue weighted by atomic mass is 16.7. The maximum absolute atomic E-state index is 12.3. The van der Waals surface area contributed by atoms with E-state index in [2.05, 4.69) is 5.32 Å². The third-order valence-corrected chi connectivity index (χ3v) is 4.65. The van der Waals surface area contributed by atoms with Crippen molar-refractivity contribution in [2.45, 2.75) is 64.6 Å². The average molecular weight is 294 g/mol. The summed E-state index contributed by atoms with van der Waals surface area (Å²) in [5, 5.41) is 3.03. The SMILES string of the molecule is C/C=C/C(NC(=O)N1CCCC1)B1OC(C)(C)C(C)(C)O1. The first-order chi connectivity index (χ1) is 9.77. The van der Waals surface area contributed by atoms with Crippen molar-refractivity contribution in [1.82, 2.24) is 10.2 Å². The number of carbonyl (C=O) groups excluding carboxylic acids is 1. The molecular formula is C15H27BN2O3. The molecule has 0 spiro atoms. The van der Waals surface area contributed by atoms with Gasteiger partial charge >= 0.3 is 13.1 Å². The summed E-state index contributed by atoms with van der Waals surface area (Å²) in [6.07, 6.45) is 6.01. The zero-order valence-electron chi connectivity index (χ0n) is 13.8. The minimum absolute atomic E-state index is 0.0367. The Bertz CT molecular complexity index is 401. The molecule has 1 atom stereocenters. The molecule has 0 aromatic carbocycles. The monoisotopic (exact) mass is 294 g/mol. The van der Waals surface area contributed by atoms with E-state index >= 15 is 0 Å². The number of carbonyl (C=O) groups is 1. The van der Waals surface area contributed by atoms with Gasteiger partial charge in [0.05, 0.1) is 17.1 Å². The second-order valence-electron chi connectivity index (χ2n) is 6.82. The van der Waals surface area contributed by atoms with E-state index in [1.54, 1.807) is 0 Å². The number of allylic oxidation sites excluding steroid dienone is 1. The highest BCUT2D eigenvalue weighted by Crippen LogP contribution is 2.37. The Labute approximate surface area is 128 Å². The van der Waals surface area contributed by atoms with Crippen molar-refractivity contribution in [2.75, 3.05) is 13.1 Å². The fourth-order valence-electron chi connectivity index (χ4n) is 2.60. The third-order valence-electron chi connectivity index (χ3n) is 4.65.